The predicted molar refractivity (Wildman–Crippen MR) is 123 cm³/mol. The number of aryl methyl sites for hydroxylation is 1. The number of hydrogen-bond acceptors (Lipinski definition) is 3. The van der Waals surface area contributed by atoms with E-state index in [-0.39, 0.29) is 5.41 Å². The number of unbranched alkanes of at least 4 members (excludes halogenated alkanes) is 3. The summed E-state index contributed by atoms with van der Waals surface area (Å²) in [7, 11) is -3.59. The van der Waals surface area contributed by atoms with Crippen molar-refractivity contribution in [1.29, 1.82) is 0 Å². The molecule has 1 aliphatic carbocycles. The lowest BCUT2D eigenvalue weighted by atomic mass is 9.92. The van der Waals surface area contributed by atoms with E-state index in [1.165, 1.54) is 50.9 Å². The van der Waals surface area contributed by atoms with Crippen LogP contribution in [-0.2, 0) is 15.4 Å². The van der Waals surface area contributed by atoms with Gasteiger partial charge in [0.1, 0.15) is 0 Å². The molecule has 0 radical (unpaired) electrons. The number of rotatable bonds is 9. The molecule has 162 valence electrons. The minimum absolute atomic E-state index is 0.171. The normalized spacial score (nSPS) is 25.8. The van der Waals surface area contributed by atoms with Gasteiger partial charge >= 0.3 is 0 Å². The number of piperidine rings is 1. The van der Waals surface area contributed by atoms with Gasteiger partial charge in [0.25, 0.3) is 10.0 Å². The largest absolute Gasteiger partial charge is 0.303 e. The van der Waals surface area contributed by atoms with Gasteiger partial charge in [-0.15, -0.1) is 0 Å². The van der Waals surface area contributed by atoms with Crippen LogP contribution in [0.2, 0.25) is 0 Å². The van der Waals surface area contributed by atoms with Crippen LogP contribution in [0.15, 0.2) is 53.4 Å². The fraction of sp³-hybridized carbons (Fsp3) is 0.520. The Kier molecular flexibility index (Phi) is 5.95. The molecular weight excluding hydrogens is 392 g/mol. The zero-order valence-corrected chi connectivity index (χ0v) is 19.2. The minimum atomic E-state index is -3.59. The number of benzene rings is 2. The van der Waals surface area contributed by atoms with Crippen molar-refractivity contribution in [2.75, 3.05) is 24.4 Å². The fourth-order valence-corrected chi connectivity index (χ4v) is 6.62. The minimum Gasteiger partial charge on any atom is -0.303 e. The predicted octanol–water partition coefficient (Wildman–Crippen LogP) is 5.20. The fourth-order valence-electron chi connectivity index (χ4n) is 5.32. The highest BCUT2D eigenvalue weighted by Gasteiger charge is 2.65. The quantitative estimate of drug-likeness (QED) is 0.561. The molecule has 0 bridgehead atoms. The van der Waals surface area contributed by atoms with Gasteiger partial charge in [-0.1, -0.05) is 63.4 Å². The smallest absolute Gasteiger partial charge is 0.262 e. The molecule has 2 aliphatic rings. The third-order valence-electron chi connectivity index (χ3n) is 7.27. The zero-order chi connectivity index (χ0) is 21.4. The van der Waals surface area contributed by atoms with Gasteiger partial charge in [0.15, 0.2) is 0 Å². The lowest BCUT2D eigenvalue weighted by Crippen LogP contribution is -2.30. The van der Waals surface area contributed by atoms with Crippen molar-refractivity contribution in [3.05, 3.63) is 59.7 Å². The Labute approximate surface area is 181 Å². The molecule has 2 aromatic rings. The number of hydrogen-bond donors (Lipinski definition) is 1. The van der Waals surface area contributed by atoms with Crippen LogP contribution >= 0.6 is 0 Å². The summed E-state index contributed by atoms with van der Waals surface area (Å²) in [5.74, 6) is 1.37. The van der Waals surface area contributed by atoms with Crippen LogP contribution < -0.4 is 4.72 Å². The van der Waals surface area contributed by atoms with Gasteiger partial charge in [-0.05, 0) is 61.1 Å². The molecule has 4 rings (SSSR count). The molecular formula is C25H34N2O2S. The van der Waals surface area contributed by atoms with E-state index in [0.717, 1.165) is 5.56 Å². The number of likely N-dealkylation sites (tertiary alicyclic amines) is 1. The van der Waals surface area contributed by atoms with Crippen molar-refractivity contribution in [2.45, 2.75) is 56.8 Å². The lowest BCUT2D eigenvalue weighted by Gasteiger charge is -2.25. The number of nitrogens with one attached hydrogen (secondary N) is 1. The first kappa shape index (κ1) is 21.4. The summed E-state index contributed by atoms with van der Waals surface area (Å²) in [6.45, 7) is 10.0. The molecule has 1 heterocycles. The maximum atomic E-state index is 12.9. The summed E-state index contributed by atoms with van der Waals surface area (Å²) in [5.41, 5.74) is 2.83. The Balaban J connectivity index is 1.42. The van der Waals surface area contributed by atoms with Gasteiger partial charge in [-0.25, -0.2) is 8.42 Å². The second-order valence-electron chi connectivity index (χ2n) is 9.27. The van der Waals surface area contributed by atoms with Crippen LogP contribution in [0, 0.1) is 18.8 Å². The van der Waals surface area contributed by atoms with Crippen molar-refractivity contribution in [1.82, 2.24) is 4.90 Å². The number of anilines is 1. The molecule has 4 nitrogen and oxygen atoms in total. The average Bonchev–Trinajstić information content (AvgIpc) is 3.07. The monoisotopic (exact) mass is 426 g/mol. The van der Waals surface area contributed by atoms with Gasteiger partial charge in [-0.3, -0.25) is 4.72 Å². The molecule has 0 aromatic heterocycles. The highest BCUT2D eigenvalue weighted by Crippen LogP contribution is 2.63. The third-order valence-corrected chi connectivity index (χ3v) is 8.82. The third kappa shape index (κ3) is 4.02. The summed E-state index contributed by atoms with van der Waals surface area (Å²) in [6, 6.07) is 15.1. The molecule has 2 atom stereocenters. The molecule has 0 spiro atoms. The SMILES string of the molecule is CCCCCCN1CC2C(C1)C2(C)c1cccc(NS(=O)(=O)c2ccccc2C)c1. The standard InChI is InChI=1S/C25H34N2O2S/c1-4-5-6-9-15-27-17-22-23(18-27)25(22,3)20-12-10-13-21(16-20)26-30(28,29)24-14-8-7-11-19(24)2/h7-8,10-14,16,22-23,26H,4-6,9,15,17-18H2,1-3H3. The molecule has 1 saturated carbocycles. The summed E-state index contributed by atoms with van der Waals surface area (Å²) >= 11 is 0. The van der Waals surface area contributed by atoms with E-state index in [2.05, 4.69) is 29.5 Å². The van der Waals surface area contributed by atoms with Crippen molar-refractivity contribution in [3.63, 3.8) is 0 Å². The second kappa shape index (κ2) is 8.35. The van der Waals surface area contributed by atoms with Gasteiger partial charge in [0.2, 0.25) is 0 Å². The van der Waals surface area contributed by atoms with E-state index in [4.69, 9.17) is 0 Å². The first-order valence-electron chi connectivity index (χ1n) is 11.3. The van der Waals surface area contributed by atoms with E-state index in [1.54, 1.807) is 12.1 Å². The number of nitrogens with zero attached hydrogens (tertiary/aromatic N) is 1. The van der Waals surface area contributed by atoms with Crippen molar-refractivity contribution in [3.8, 4) is 0 Å². The van der Waals surface area contributed by atoms with Gasteiger partial charge in [0, 0.05) is 24.2 Å². The van der Waals surface area contributed by atoms with Gasteiger partial charge in [0.05, 0.1) is 4.90 Å². The average molecular weight is 427 g/mol. The summed E-state index contributed by atoms with van der Waals surface area (Å²) < 4.78 is 28.5. The van der Waals surface area contributed by atoms with Gasteiger partial charge in [-0.2, -0.15) is 0 Å². The molecule has 5 heteroatoms. The highest BCUT2D eigenvalue weighted by atomic mass is 32.2. The summed E-state index contributed by atoms with van der Waals surface area (Å²) in [6.07, 6.45) is 5.26. The topological polar surface area (TPSA) is 49.4 Å². The van der Waals surface area contributed by atoms with Crippen LogP contribution in [0.3, 0.4) is 0 Å². The molecule has 1 N–H and O–H groups in total. The van der Waals surface area contributed by atoms with Crippen LogP contribution in [0.25, 0.3) is 0 Å². The summed E-state index contributed by atoms with van der Waals surface area (Å²) in [5, 5.41) is 0. The van der Waals surface area contributed by atoms with Crippen LogP contribution in [0.1, 0.15) is 50.7 Å². The Morgan fingerprint density at radius 2 is 1.77 bits per heavy atom. The molecule has 2 unspecified atom stereocenters. The van der Waals surface area contributed by atoms with Crippen molar-refractivity contribution >= 4 is 15.7 Å². The van der Waals surface area contributed by atoms with Crippen LogP contribution in [0.5, 0.6) is 0 Å². The molecule has 1 aliphatic heterocycles. The van der Waals surface area contributed by atoms with Crippen molar-refractivity contribution in [2.24, 2.45) is 11.8 Å². The number of fused-ring (bicyclic) bond motifs is 1. The molecule has 0 amide bonds. The second-order valence-corrected chi connectivity index (χ2v) is 10.9. The zero-order valence-electron chi connectivity index (χ0n) is 18.4. The Morgan fingerprint density at radius 3 is 2.47 bits per heavy atom. The van der Waals surface area contributed by atoms with E-state index in [9.17, 15) is 8.42 Å². The van der Waals surface area contributed by atoms with E-state index in [0.29, 0.717) is 22.4 Å². The Morgan fingerprint density at radius 1 is 1.03 bits per heavy atom. The Bertz CT molecular complexity index is 990. The van der Waals surface area contributed by atoms with E-state index >= 15 is 0 Å². The van der Waals surface area contributed by atoms with Crippen molar-refractivity contribution < 1.29 is 8.42 Å². The van der Waals surface area contributed by atoms with Crippen LogP contribution in [-0.4, -0.2) is 33.0 Å². The maximum absolute atomic E-state index is 12.9. The van der Waals surface area contributed by atoms with Crippen LogP contribution in [0.4, 0.5) is 5.69 Å². The first-order chi connectivity index (χ1) is 14.4. The molecule has 1 saturated heterocycles. The molecule has 2 fully saturated rings. The van der Waals surface area contributed by atoms with E-state index in [1.807, 2.05) is 37.3 Å². The van der Waals surface area contributed by atoms with Gasteiger partial charge < -0.3 is 4.90 Å². The highest BCUT2D eigenvalue weighted by molar-refractivity contribution is 7.92. The first-order valence-corrected chi connectivity index (χ1v) is 12.8. The number of sulfonamides is 1. The molecule has 2 aromatic carbocycles. The Hall–Kier alpha value is -1.85. The molecule has 30 heavy (non-hydrogen) atoms. The maximum Gasteiger partial charge on any atom is 0.262 e. The van der Waals surface area contributed by atoms with E-state index < -0.39 is 10.0 Å². The summed E-state index contributed by atoms with van der Waals surface area (Å²) in [4.78, 5) is 2.96. The lowest BCUT2D eigenvalue weighted by molar-refractivity contribution is 0.271.